The van der Waals surface area contributed by atoms with Crippen molar-refractivity contribution in [2.24, 2.45) is 4.99 Å². The number of rotatable bonds is 2. The van der Waals surface area contributed by atoms with E-state index in [4.69, 9.17) is 0 Å². The van der Waals surface area contributed by atoms with Gasteiger partial charge in [-0.15, -0.1) is 6.58 Å². The van der Waals surface area contributed by atoms with E-state index in [-0.39, 0.29) is 11.2 Å². The van der Waals surface area contributed by atoms with Crippen molar-refractivity contribution in [1.82, 2.24) is 5.32 Å². The molecule has 1 aliphatic rings. The summed E-state index contributed by atoms with van der Waals surface area (Å²) in [5.74, 6) is 0.0396. The SMILES string of the molecule is C=CCN=C1NC(=O)C(C)S1. The molecule has 1 amide bonds. The number of hydrogen-bond acceptors (Lipinski definition) is 3. The Hall–Kier alpha value is -0.770. The Labute approximate surface area is 70.0 Å². The summed E-state index contributed by atoms with van der Waals surface area (Å²) in [6, 6.07) is 0. The van der Waals surface area contributed by atoms with Gasteiger partial charge in [0.15, 0.2) is 5.17 Å². The van der Waals surface area contributed by atoms with Crippen molar-refractivity contribution in [1.29, 1.82) is 0 Å². The number of nitrogens with one attached hydrogen (secondary N) is 1. The van der Waals surface area contributed by atoms with E-state index in [9.17, 15) is 4.79 Å². The molecule has 4 heteroatoms. The van der Waals surface area contributed by atoms with Gasteiger partial charge in [-0.2, -0.15) is 0 Å². The van der Waals surface area contributed by atoms with E-state index in [1.165, 1.54) is 11.8 Å². The fourth-order valence-electron chi connectivity index (χ4n) is 0.682. The molecule has 1 N–H and O–H groups in total. The van der Waals surface area contributed by atoms with Crippen LogP contribution in [0.15, 0.2) is 17.6 Å². The molecule has 1 heterocycles. The molecular weight excluding hydrogens is 160 g/mol. The van der Waals surface area contributed by atoms with E-state index in [1.807, 2.05) is 6.92 Å². The molecule has 0 radical (unpaired) electrons. The predicted molar refractivity (Wildman–Crippen MR) is 47.7 cm³/mol. The maximum absolute atomic E-state index is 10.9. The highest BCUT2D eigenvalue weighted by atomic mass is 32.2. The van der Waals surface area contributed by atoms with Crippen molar-refractivity contribution in [3.63, 3.8) is 0 Å². The second-order valence-corrected chi connectivity index (χ2v) is 3.51. The lowest BCUT2D eigenvalue weighted by Gasteiger charge is -1.90. The van der Waals surface area contributed by atoms with Crippen molar-refractivity contribution in [2.45, 2.75) is 12.2 Å². The largest absolute Gasteiger partial charge is 0.304 e. The smallest absolute Gasteiger partial charge is 0.239 e. The van der Waals surface area contributed by atoms with Gasteiger partial charge in [-0.1, -0.05) is 17.8 Å². The molecule has 0 aliphatic carbocycles. The zero-order chi connectivity index (χ0) is 8.27. The molecule has 11 heavy (non-hydrogen) atoms. The van der Waals surface area contributed by atoms with Gasteiger partial charge in [0.25, 0.3) is 0 Å². The maximum Gasteiger partial charge on any atom is 0.239 e. The predicted octanol–water partition coefficient (Wildman–Crippen LogP) is 0.780. The van der Waals surface area contributed by atoms with Crippen molar-refractivity contribution >= 4 is 22.8 Å². The van der Waals surface area contributed by atoms with Crippen LogP contribution in [0.4, 0.5) is 0 Å². The van der Waals surface area contributed by atoms with Gasteiger partial charge in [0.2, 0.25) is 5.91 Å². The van der Waals surface area contributed by atoms with E-state index < -0.39 is 0 Å². The Morgan fingerprint density at radius 1 is 1.91 bits per heavy atom. The van der Waals surface area contributed by atoms with Gasteiger partial charge in [-0.05, 0) is 6.92 Å². The molecule has 0 spiro atoms. The number of hydrogen-bond donors (Lipinski definition) is 1. The topological polar surface area (TPSA) is 41.5 Å². The number of thioether (sulfide) groups is 1. The lowest BCUT2D eigenvalue weighted by Crippen LogP contribution is -2.23. The summed E-state index contributed by atoms with van der Waals surface area (Å²) in [5.41, 5.74) is 0. The third-order valence-corrected chi connectivity index (χ3v) is 2.27. The minimum atomic E-state index is -0.00133. The molecule has 0 aromatic heterocycles. The molecule has 1 fully saturated rings. The molecular formula is C7H10N2OS. The van der Waals surface area contributed by atoms with Crippen LogP contribution < -0.4 is 5.32 Å². The monoisotopic (exact) mass is 170 g/mol. The highest BCUT2D eigenvalue weighted by Gasteiger charge is 2.24. The summed E-state index contributed by atoms with van der Waals surface area (Å²) in [5, 5.41) is 3.37. The first-order chi connectivity index (χ1) is 5.24. The second kappa shape index (κ2) is 3.57. The molecule has 1 aliphatic heterocycles. The van der Waals surface area contributed by atoms with E-state index >= 15 is 0 Å². The average molecular weight is 170 g/mol. The van der Waals surface area contributed by atoms with Crippen molar-refractivity contribution in [3.05, 3.63) is 12.7 Å². The third kappa shape index (κ3) is 2.08. The maximum atomic E-state index is 10.9. The quantitative estimate of drug-likeness (QED) is 0.622. The van der Waals surface area contributed by atoms with Crippen molar-refractivity contribution in [3.8, 4) is 0 Å². The van der Waals surface area contributed by atoms with E-state index in [0.717, 1.165) is 0 Å². The molecule has 60 valence electrons. The van der Waals surface area contributed by atoms with Gasteiger partial charge in [-0.25, -0.2) is 0 Å². The minimum Gasteiger partial charge on any atom is -0.304 e. The van der Waals surface area contributed by atoms with Crippen molar-refractivity contribution < 1.29 is 4.79 Å². The normalized spacial score (nSPS) is 27.2. The molecule has 1 saturated heterocycles. The van der Waals surface area contributed by atoms with Crippen LogP contribution in [0.3, 0.4) is 0 Å². The summed E-state index contributed by atoms with van der Waals surface area (Å²) in [4.78, 5) is 15.0. The fourth-order valence-corrected chi connectivity index (χ4v) is 1.49. The van der Waals surface area contributed by atoms with Crippen LogP contribution in [0.2, 0.25) is 0 Å². The number of carbonyl (C=O) groups excluding carboxylic acids is 1. The molecule has 0 aromatic rings. The number of carbonyl (C=O) groups is 1. The zero-order valence-electron chi connectivity index (χ0n) is 6.33. The van der Waals surface area contributed by atoms with Crippen LogP contribution in [-0.2, 0) is 4.79 Å². The summed E-state index contributed by atoms with van der Waals surface area (Å²) in [6.07, 6.45) is 1.70. The average Bonchev–Trinajstić information content (AvgIpc) is 2.28. The fraction of sp³-hybridized carbons (Fsp3) is 0.429. The standard InChI is InChI=1S/C7H10N2OS/c1-3-4-8-7-9-6(10)5(2)11-7/h3,5H,1,4H2,2H3,(H,8,9,10). The highest BCUT2D eigenvalue weighted by Crippen LogP contribution is 2.17. The molecule has 1 rings (SSSR count). The zero-order valence-corrected chi connectivity index (χ0v) is 7.15. The second-order valence-electron chi connectivity index (χ2n) is 2.18. The lowest BCUT2D eigenvalue weighted by atomic mass is 10.4. The van der Waals surface area contributed by atoms with Crippen molar-refractivity contribution in [2.75, 3.05) is 6.54 Å². The van der Waals surface area contributed by atoms with Gasteiger partial charge >= 0.3 is 0 Å². The van der Waals surface area contributed by atoms with Gasteiger partial charge in [0, 0.05) is 0 Å². The number of aliphatic imine (C=N–C) groups is 1. The third-order valence-electron chi connectivity index (χ3n) is 1.25. The Kier molecular flexibility index (Phi) is 2.70. The highest BCUT2D eigenvalue weighted by molar-refractivity contribution is 8.15. The van der Waals surface area contributed by atoms with Crippen LogP contribution in [0.1, 0.15) is 6.92 Å². The minimum absolute atomic E-state index is 0.00133. The van der Waals surface area contributed by atoms with Crippen LogP contribution in [-0.4, -0.2) is 22.9 Å². The van der Waals surface area contributed by atoms with Crippen LogP contribution >= 0.6 is 11.8 Å². The molecule has 1 atom stereocenters. The summed E-state index contributed by atoms with van der Waals surface area (Å²) < 4.78 is 0. The summed E-state index contributed by atoms with van der Waals surface area (Å²) >= 11 is 1.46. The molecule has 0 saturated carbocycles. The van der Waals surface area contributed by atoms with Gasteiger partial charge < -0.3 is 5.32 Å². The van der Waals surface area contributed by atoms with Gasteiger partial charge in [0.1, 0.15) is 0 Å². The van der Waals surface area contributed by atoms with Gasteiger partial charge in [-0.3, -0.25) is 9.79 Å². The summed E-state index contributed by atoms with van der Waals surface area (Å²) in [6.45, 7) is 5.95. The molecule has 1 unspecified atom stereocenters. The number of amides is 1. The lowest BCUT2D eigenvalue weighted by molar-refractivity contribution is -0.118. The van der Waals surface area contributed by atoms with Crippen LogP contribution in [0.25, 0.3) is 0 Å². The van der Waals surface area contributed by atoms with E-state index in [0.29, 0.717) is 11.7 Å². The number of amidine groups is 1. The van der Waals surface area contributed by atoms with Crippen LogP contribution in [0, 0.1) is 0 Å². The Balaban J connectivity index is 2.52. The first-order valence-corrected chi connectivity index (χ1v) is 4.25. The van der Waals surface area contributed by atoms with Gasteiger partial charge in [0.05, 0.1) is 11.8 Å². The Morgan fingerprint density at radius 3 is 3.09 bits per heavy atom. The first kappa shape index (κ1) is 8.33. The van der Waals surface area contributed by atoms with Crippen LogP contribution in [0.5, 0.6) is 0 Å². The molecule has 0 aromatic carbocycles. The molecule has 3 nitrogen and oxygen atoms in total. The molecule has 0 bridgehead atoms. The Morgan fingerprint density at radius 2 is 2.64 bits per heavy atom. The number of nitrogens with zero attached hydrogens (tertiary/aromatic N) is 1. The van der Waals surface area contributed by atoms with E-state index in [2.05, 4.69) is 16.9 Å². The first-order valence-electron chi connectivity index (χ1n) is 3.37. The van der Waals surface area contributed by atoms with E-state index in [1.54, 1.807) is 6.08 Å². The Bertz CT molecular complexity index is 212. The summed E-state index contributed by atoms with van der Waals surface area (Å²) in [7, 11) is 0.